The zero-order chi connectivity index (χ0) is 27.1. The van der Waals surface area contributed by atoms with E-state index < -0.39 is 6.09 Å². The maximum absolute atomic E-state index is 13.3. The van der Waals surface area contributed by atoms with Gasteiger partial charge in [0.2, 0.25) is 5.75 Å². The van der Waals surface area contributed by atoms with Crippen LogP contribution in [0.5, 0.6) is 23.0 Å². The van der Waals surface area contributed by atoms with Gasteiger partial charge >= 0.3 is 6.09 Å². The number of hydrogen-bond donors (Lipinski definition) is 3. The molecule has 10 nitrogen and oxygen atoms in total. The average Bonchev–Trinajstić information content (AvgIpc) is 3.47. The molecule has 0 saturated carbocycles. The third kappa shape index (κ3) is 6.09. The summed E-state index contributed by atoms with van der Waals surface area (Å²) < 4.78 is 22.1. The van der Waals surface area contributed by atoms with Crippen LogP contribution in [0.15, 0.2) is 60.7 Å². The largest absolute Gasteiger partial charge is 0.493 e. The minimum absolute atomic E-state index is 0.0528. The number of carbonyl (C=O) groups excluding carboxylic acids is 2. The topological polar surface area (TPSA) is 124 Å². The number of rotatable bonds is 9. The van der Waals surface area contributed by atoms with Gasteiger partial charge in [0.15, 0.2) is 11.5 Å². The second-order valence-corrected chi connectivity index (χ2v) is 8.74. The van der Waals surface area contributed by atoms with Crippen molar-refractivity contribution in [2.45, 2.75) is 19.0 Å². The molecule has 1 aliphatic heterocycles. The van der Waals surface area contributed by atoms with E-state index in [9.17, 15) is 9.59 Å². The molecule has 1 atom stereocenters. The predicted octanol–water partition coefficient (Wildman–Crippen LogP) is 3.91. The molecular weight excluding hydrogens is 488 g/mol. The molecule has 3 aromatic rings. The number of methoxy groups -OCH3 is 3. The standard InChI is InChI=1S/C28H32N4O6/c1-35-24-14-18(15-25(36-2)26(24)37-3)17-32(20-12-13-30-16-20)28(34)38-21-10-8-19(9-11-21)27(33)31-23-7-5-4-6-22(23)29/h4-11,14-15,20,30H,12-13,16-17,29H2,1-3H3,(H,31,33). The van der Waals surface area contributed by atoms with E-state index in [1.807, 2.05) is 12.1 Å². The molecule has 4 rings (SSSR count). The number of hydrogen-bond acceptors (Lipinski definition) is 8. The van der Waals surface area contributed by atoms with Crippen LogP contribution in [-0.2, 0) is 6.54 Å². The number of nitrogens with zero attached hydrogens (tertiary/aromatic N) is 1. The Morgan fingerprint density at radius 2 is 1.68 bits per heavy atom. The zero-order valence-corrected chi connectivity index (χ0v) is 21.7. The SMILES string of the molecule is COc1cc(CN(C(=O)Oc2ccc(C(=O)Nc3ccccc3N)cc2)C2CCNC2)cc(OC)c1OC. The summed E-state index contributed by atoms with van der Waals surface area (Å²) in [6.45, 7) is 1.74. The summed E-state index contributed by atoms with van der Waals surface area (Å²) >= 11 is 0. The molecule has 0 spiro atoms. The molecule has 0 bridgehead atoms. The van der Waals surface area contributed by atoms with Crippen LogP contribution in [0.4, 0.5) is 16.2 Å². The number of anilines is 2. The van der Waals surface area contributed by atoms with Crippen LogP contribution < -0.4 is 35.3 Å². The Morgan fingerprint density at radius 3 is 2.26 bits per heavy atom. The Kier molecular flexibility index (Phi) is 8.55. The van der Waals surface area contributed by atoms with Crippen LogP contribution in [0.2, 0.25) is 0 Å². The highest BCUT2D eigenvalue weighted by Crippen LogP contribution is 2.38. The van der Waals surface area contributed by atoms with Gasteiger partial charge in [-0.15, -0.1) is 0 Å². The van der Waals surface area contributed by atoms with Crippen molar-refractivity contribution >= 4 is 23.4 Å². The van der Waals surface area contributed by atoms with E-state index in [2.05, 4.69) is 10.6 Å². The van der Waals surface area contributed by atoms with Crippen LogP contribution in [0.3, 0.4) is 0 Å². The summed E-state index contributed by atoms with van der Waals surface area (Å²) in [7, 11) is 4.64. The Morgan fingerprint density at radius 1 is 1.00 bits per heavy atom. The van der Waals surface area contributed by atoms with Gasteiger partial charge in [-0.2, -0.15) is 0 Å². The van der Waals surface area contributed by atoms with Gasteiger partial charge in [0.05, 0.1) is 32.7 Å². The minimum atomic E-state index is -0.498. The number of carbonyl (C=O) groups is 2. The van der Waals surface area contributed by atoms with E-state index in [0.29, 0.717) is 46.5 Å². The van der Waals surface area contributed by atoms with Crippen molar-refractivity contribution in [3.63, 3.8) is 0 Å². The molecule has 38 heavy (non-hydrogen) atoms. The first-order chi connectivity index (χ1) is 18.4. The third-order valence-corrected chi connectivity index (χ3v) is 6.32. The van der Waals surface area contributed by atoms with Crippen molar-refractivity contribution < 1.29 is 28.5 Å². The lowest BCUT2D eigenvalue weighted by Crippen LogP contribution is -2.42. The van der Waals surface area contributed by atoms with Crippen molar-refractivity contribution in [2.75, 3.05) is 45.5 Å². The van der Waals surface area contributed by atoms with E-state index in [1.165, 1.54) is 0 Å². The van der Waals surface area contributed by atoms with Gasteiger partial charge < -0.3 is 35.3 Å². The monoisotopic (exact) mass is 520 g/mol. The van der Waals surface area contributed by atoms with E-state index in [0.717, 1.165) is 18.5 Å². The molecule has 0 aromatic heterocycles. The summed E-state index contributed by atoms with van der Waals surface area (Å²) in [5.74, 6) is 1.50. The molecule has 0 radical (unpaired) electrons. The first-order valence-electron chi connectivity index (χ1n) is 12.2. The molecular formula is C28H32N4O6. The Hall–Kier alpha value is -4.44. The summed E-state index contributed by atoms with van der Waals surface area (Å²) in [5, 5.41) is 6.07. The number of nitrogens with two attached hydrogens (primary N) is 1. The molecule has 0 aliphatic carbocycles. The number of benzene rings is 3. The van der Waals surface area contributed by atoms with Gasteiger partial charge in [0, 0.05) is 24.7 Å². The van der Waals surface area contributed by atoms with Crippen molar-refractivity contribution in [1.29, 1.82) is 0 Å². The summed E-state index contributed by atoms with van der Waals surface area (Å²) in [4.78, 5) is 27.6. The Bertz CT molecular complexity index is 1250. The predicted molar refractivity (Wildman–Crippen MR) is 144 cm³/mol. The molecule has 2 amide bonds. The van der Waals surface area contributed by atoms with Gasteiger partial charge in [-0.25, -0.2) is 4.79 Å². The Balaban J connectivity index is 1.49. The molecule has 1 fully saturated rings. The van der Waals surface area contributed by atoms with Crippen molar-refractivity contribution in [3.8, 4) is 23.0 Å². The smallest absolute Gasteiger partial charge is 0.415 e. The molecule has 1 aliphatic rings. The number of ether oxygens (including phenoxy) is 4. The van der Waals surface area contributed by atoms with Crippen molar-refractivity contribution in [3.05, 3.63) is 71.8 Å². The van der Waals surface area contributed by atoms with E-state index in [4.69, 9.17) is 24.7 Å². The first kappa shape index (κ1) is 26.6. The summed E-state index contributed by atoms with van der Waals surface area (Å²) in [6, 6.07) is 17.0. The van der Waals surface area contributed by atoms with Crippen LogP contribution >= 0.6 is 0 Å². The number of nitrogen functional groups attached to an aromatic ring is 1. The maximum Gasteiger partial charge on any atom is 0.415 e. The molecule has 200 valence electrons. The van der Waals surface area contributed by atoms with Gasteiger partial charge in [0.25, 0.3) is 5.91 Å². The first-order valence-corrected chi connectivity index (χ1v) is 12.2. The number of nitrogens with one attached hydrogen (secondary N) is 2. The van der Waals surface area contributed by atoms with Crippen LogP contribution in [-0.4, -0.2) is 57.4 Å². The average molecular weight is 521 g/mol. The quantitative estimate of drug-likeness (QED) is 0.363. The fourth-order valence-corrected chi connectivity index (χ4v) is 4.31. The van der Waals surface area contributed by atoms with Gasteiger partial charge in [-0.1, -0.05) is 12.1 Å². The lowest BCUT2D eigenvalue weighted by molar-refractivity contribution is 0.102. The van der Waals surface area contributed by atoms with Gasteiger partial charge in [-0.3, -0.25) is 9.69 Å². The van der Waals surface area contributed by atoms with E-state index in [-0.39, 0.29) is 18.5 Å². The van der Waals surface area contributed by atoms with Crippen molar-refractivity contribution in [1.82, 2.24) is 10.2 Å². The molecule has 1 saturated heterocycles. The van der Waals surface area contributed by atoms with Crippen molar-refractivity contribution in [2.24, 2.45) is 0 Å². The minimum Gasteiger partial charge on any atom is -0.493 e. The summed E-state index contributed by atoms with van der Waals surface area (Å²) in [6.07, 6.45) is 0.294. The Labute approximate surface area is 221 Å². The number of para-hydroxylation sites is 2. The van der Waals surface area contributed by atoms with Crippen LogP contribution in [0, 0.1) is 0 Å². The van der Waals surface area contributed by atoms with Crippen LogP contribution in [0.25, 0.3) is 0 Å². The lowest BCUT2D eigenvalue weighted by atomic mass is 10.1. The van der Waals surface area contributed by atoms with Gasteiger partial charge in [-0.05, 0) is 67.1 Å². The molecule has 3 aromatic carbocycles. The summed E-state index contributed by atoms with van der Waals surface area (Å²) in [5.41, 5.74) is 8.11. The highest BCUT2D eigenvalue weighted by Gasteiger charge is 2.29. The third-order valence-electron chi connectivity index (χ3n) is 6.32. The second-order valence-electron chi connectivity index (χ2n) is 8.74. The number of amides is 2. The van der Waals surface area contributed by atoms with Crippen LogP contribution in [0.1, 0.15) is 22.3 Å². The van der Waals surface area contributed by atoms with Gasteiger partial charge in [0.1, 0.15) is 5.75 Å². The maximum atomic E-state index is 13.3. The molecule has 1 heterocycles. The fraction of sp³-hybridized carbons (Fsp3) is 0.286. The highest BCUT2D eigenvalue weighted by molar-refractivity contribution is 6.05. The zero-order valence-electron chi connectivity index (χ0n) is 21.7. The lowest BCUT2D eigenvalue weighted by Gasteiger charge is -2.28. The van der Waals surface area contributed by atoms with E-state index >= 15 is 0 Å². The van der Waals surface area contributed by atoms with E-state index in [1.54, 1.807) is 74.8 Å². The normalized spacial score (nSPS) is 14.4. The second kappa shape index (κ2) is 12.2. The molecule has 1 unspecified atom stereocenters. The molecule has 10 heteroatoms. The fourth-order valence-electron chi connectivity index (χ4n) is 4.31. The molecule has 4 N–H and O–H groups in total. The highest BCUT2D eigenvalue weighted by atomic mass is 16.6.